The zero-order chi connectivity index (χ0) is 19.0. The molecule has 2 fully saturated rings. The first-order valence-corrected chi connectivity index (χ1v) is 9.97. The van der Waals surface area contributed by atoms with Crippen molar-refractivity contribution in [3.8, 4) is 0 Å². The number of rotatable bonds is 4. The second kappa shape index (κ2) is 7.28. The minimum absolute atomic E-state index is 0.188. The molecule has 2 aromatic rings. The first-order valence-electron chi connectivity index (χ1n) is 9.97. The van der Waals surface area contributed by atoms with E-state index in [0.29, 0.717) is 11.8 Å². The minimum Gasteiger partial charge on any atom is -0.385 e. The van der Waals surface area contributed by atoms with E-state index in [0.717, 1.165) is 55.8 Å². The molecule has 0 bridgehead atoms. The van der Waals surface area contributed by atoms with Gasteiger partial charge in [0.25, 0.3) is 0 Å². The Morgan fingerprint density at radius 1 is 1.19 bits per heavy atom. The number of nitrogens with zero attached hydrogens (tertiary/aromatic N) is 3. The molecule has 1 aliphatic heterocycles. The minimum atomic E-state index is -0.858. The topological polar surface area (TPSA) is 49.2 Å². The molecular weight excluding hydrogens is 341 g/mol. The summed E-state index contributed by atoms with van der Waals surface area (Å²) < 4.78 is 13.3. The Bertz CT molecular complexity index is 777. The Balaban J connectivity index is 1.49. The molecule has 0 amide bonds. The fourth-order valence-corrected chi connectivity index (χ4v) is 4.84. The van der Waals surface area contributed by atoms with Gasteiger partial charge in [-0.15, -0.1) is 0 Å². The molecule has 2 aliphatic rings. The Morgan fingerprint density at radius 2 is 1.89 bits per heavy atom. The fourth-order valence-electron chi connectivity index (χ4n) is 4.84. The molecule has 4 nitrogen and oxygen atoms in total. The number of hydrogen-bond donors (Lipinski definition) is 1. The second-order valence-corrected chi connectivity index (χ2v) is 8.49. The van der Waals surface area contributed by atoms with Crippen LogP contribution in [0, 0.1) is 17.7 Å². The standard InChI is InChI=1S/C22H28FN3O/c1-15(2)21-24-10-16(11-25-21)12-26-13-17-4-3-9-22(27,20(17)14-26)18-5-7-19(23)8-6-18/h5-8,10-11,15,17,20,27H,3-4,9,12-14H2,1-2H3/t17-,20-,22-/m0/s1. The van der Waals surface area contributed by atoms with Crippen LogP contribution < -0.4 is 0 Å². The van der Waals surface area contributed by atoms with E-state index < -0.39 is 5.60 Å². The van der Waals surface area contributed by atoms with Crippen molar-refractivity contribution in [3.05, 3.63) is 59.4 Å². The molecule has 1 aromatic heterocycles. The van der Waals surface area contributed by atoms with Gasteiger partial charge < -0.3 is 5.11 Å². The second-order valence-electron chi connectivity index (χ2n) is 8.49. The molecule has 1 saturated heterocycles. The van der Waals surface area contributed by atoms with Gasteiger partial charge >= 0.3 is 0 Å². The number of fused-ring (bicyclic) bond motifs is 1. The van der Waals surface area contributed by atoms with Crippen molar-refractivity contribution in [3.63, 3.8) is 0 Å². The fraction of sp³-hybridized carbons (Fsp3) is 0.545. The number of benzene rings is 1. The molecule has 0 unspecified atom stereocenters. The van der Waals surface area contributed by atoms with Crippen molar-refractivity contribution in [1.29, 1.82) is 0 Å². The van der Waals surface area contributed by atoms with E-state index in [1.54, 1.807) is 12.1 Å². The quantitative estimate of drug-likeness (QED) is 0.889. The Kier molecular flexibility index (Phi) is 4.99. The van der Waals surface area contributed by atoms with E-state index in [4.69, 9.17) is 0 Å². The van der Waals surface area contributed by atoms with E-state index in [1.807, 2.05) is 12.4 Å². The first kappa shape index (κ1) is 18.5. The highest BCUT2D eigenvalue weighted by Gasteiger charge is 2.49. The molecule has 1 N–H and O–H groups in total. The summed E-state index contributed by atoms with van der Waals surface area (Å²) in [7, 11) is 0. The maximum atomic E-state index is 13.3. The van der Waals surface area contributed by atoms with Gasteiger partial charge in [0.15, 0.2) is 0 Å². The molecule has 4 rings (SSSR count). The van der Waals surface area contributed by atoms with Crippen molar-refractivity contribution in [2.75, 3.05) is 13.1 Å². The van der Waals surface area contributed by atoms with E-state index in [1.165, 1.54) is 12.1 Å². The Morgan fingerprint density at radius 3 is 2.56 bits per heavy atom. The lowest BCUT2D eigenvalue weighted by Crippen LogP contribution is -2.42. The summed E-state index contributed by atoms with van der Waals surface area (Å²) in [5.41, 5.74) is 1.11. The van der Waals surface area contributed by atoms with Gasteiger partial charge in [0.05, 0.1) is 5.60 Å². The van der Waals surface area contributed by atoms with Crippen LogP contribution >= 0.6 is 0 Å². The molecule has 1 aliphatic carbocycles. The van der Waals surface area contributed by atoms with Crippen molar-refractivity contribution in [2.45, 2.75) is 51.2 Å². The molecule has 0 spiro atoms. The van der Waals surface area contributed by atoms with Gasteiger partial charge in [-0.2, -0.15) is 0 Å². The van der Waals surface area contributed by atoms with Gasteiger partial charge in [-0.05, 0) is 42.9 Å². The smallest absolute Gasteiger partial charge is 0.130 e. The molecule has 144 valence electrons. The number of aliphatic hydroxyl groups is 1. The first-order chi connectivity index (χ1) is 13.0. The summed E-state index contributed by atoms with van der Waals surface area (Å²) in [5.74, 6) is 1.61. The summed E-state index contributed by atoms with van der Waals surface area (Å²) in [4.78, 5) is 11.4. The average molecular weight is 369 g/mol. The van der Waals surface area contributed by atoms with E-state index >= 15 is 0 Å². The van der Waals surface area contributed by atoms with Crippen LogP contribution in [0.1, 0.15) is 56.0 Å². The largest absolute Gasteiger partial charge is 0.385 e. The summed E-state index contributed by atoms with van der Waals surface area (Å²) in [6.45, 7) is 6.84. The zero-order valence-electron chi connectivity index (χ0n) is 16.1. The molecule has 3 atom stereocenters. The maximum absolute atomic E-state index is 13.3. The van der Waals surface area contributed by atoms with Gasteiger partial charge in [-0.1, -0.05) is 26.0 Å². The molecule has 5 heteroatoms. The zero-order valence-corrected chi connectivity index (χ0v) is 16.1. The van der Waals surface area contributed by atoms with Crippen LogP contribution in [0.4, 0.5) is 4.39 Å². The molecule has 0 radical (unpaired) electrons. The Hall–Kier alpha value is -1.85. The van der Waals surface area contributed by atoms with Crippen LogP contribution in [0.25, 0.3) is 0 Å². The normalized spacial score (nSPS) is 28.5. The number of halogens is 1. The van der Waals surface area contributed by atoms with E-state index in [2.05, 4.69) is 28.7 Å². The average Bonchev–Trinajstić information content (AvgIpc) is 3.07. The summed E-state index contributed by atoms with van der Waals surface area (Å²) in [6.07, 6.45) is 6.76. The number of aromatic nitrogens is 2. The Labute approximate surface area is 160 Å². The van der Waals surface area contributed by atoms with Gasteiger partial charge in [0, 0.05) is 49.4 Å². The van der Waals surface area contributed by atoms with Crippen LogP contribution in [0.2, 0.25) is 0 Å². The third-order valence-corrected chi connectivity index (χ3v) is 6.25. The SMILES string of the molecule is CC(C)c1ncc(CN2C[C@@H]3CCC[C@](O)(c4ccc(F)cc4)[C@H]3C2)cn1. The lowest BCUT2D eigenvalue weighted by Gasteiger charge is -2.41. The van der Waals surface area contributed by atoms with Gasteiger partial charge in [-0.3, -0.25) is 4.90 Å². The van der Waals surface area contributed by atoms with Gasteiger partial charge in [0.1, 0.15) is 11.6 Å². The van der Waals surface area contributed by atoms with E-state index in [-0.39, 0.29) is 11.7 Å². The van der Waals surface area contributed by atoms with Crippen molar-refractivity contribution in [2.24, 2.45) is 11.8 Å². The lowest BCUT2D eigenvalue weighted by molar-refractivity contribution is -0.0648. The third kappa shape index (κ3) is 3.63. The van der Waals surface area contributed by atoms with Crippen LogP contribution in [0.5, 0.6) is 0 Å². The molecule has 1 saturated carbocycles. The molecule has 27 heavy (non-hydrogen) atoms. The van der Waals surface area contributed by atoms with Gasteiger partial charge in [-0.25, -0.2) is 14.4 Å². The molecule has 2 heterocycles. The lowest BCUT2D eigenvalue weighted by atomic mass is 9.67. The third-order valence-electron chi connectivity index (χ3n) is 6.25. The highest BCUT2D eigenvalue weighted by atomic mass is 19.1. The molecular formula is C22H28FN3O. The highest BCUT2D eigenvalue weighted by molar-refractivity contribution is 5.26. The van der Waals surface area contributed by atoms with Crippen LogP contribution in [-0.2, 0) is 12.1 Å². The number of hydrogen-bond acceptors (Lipinski definition) is 4. The summed E-state index contributed by atoms with van der Waals surface area (Å²) in [6, 6.07) is 6.41. The monoisotopic (exact) mass is 369 g/mol. The predicted molar refractivity (Wildman–Crippen MR) is 103 cm³/mol. The molecule has 1 aromatic carbocycles. The maximum Gasteiger partial charge on any atom is 0.130 e. The highest BCUT2D eigenvalue weighted by Crippen LogP contribution is 2.48. The van der Waals surface area contributed by atoms with Gasteiger partial charge in [0.2, 0.25) is 0 Å². The van der Waals surface area contributed by atoms with E-state index in [9.17, 15) is 9.50 Å². The van der Waals surface area contributed by atoms with Crippen molar-refractivity contribution >= 4 is 0 Å². The van der Waals surface area contributed by atoms with Crippen LogP contribution in [0.3, 0.4) is 0 Å². The summed E-state index contributed by atoms with van der Waals surface area (Å²) >= 11 is 0. The summed E-state index contributed by atoms with van der Waals surface area (Å²) in [5, 5.41) is 11.5. The van der Waals surface area contributed by atoms with Crippen molar-refractivity contribution in [1.82, 2.24) is 14.9 Å². The van der Waals surface area contributed by atoms with Crippen molar-refractivity contribution < 1.29 is 9.50 Å². The van der Waals surface area contributed by atoms with Crippen LogP contribution in [-0.4, -0.2) is 33.1 Å². The predicted octanol–water partition coefficient (Wildman–Crippen LogP) is 3.86. The number of likely N-dealkylation sites (tertiary alicyclic amines) is 1. The van der Waals surface area contributed by atoms with Crippen LogP contribution in [0.15, 0.2) is 36.7 Å².